The van der Waals surface area contributed by atoms with E-state index in [-0.39, 0.29) is 17.5 Å². The Hall–Kier alpha value is -1.95. The first-order valence-electron chi connectivity index (χ1n) is 6.31. The van der Waals surface area contributed by atoms with E-state index in [1.807, 2.05) is 6.92 Å². The highest BCUT2D eigenvalue weighted by Crippen LogP contribution is 2.12. The third-order valence-corrected chi connectivity index (χ3v) is 3.27. The van der Waals surface area contributed by atoms with Crippen molar-refractivity contribution in [2.24, 2.45) is 0 Å². The maximum absolute atomic E-state index is 11.7. The van der Waals surface area contributed by atoms with Crippen LogP contribution in [0.15, 0.2) is 18.3 Å². The van der Waals surface area contributed by atoms with E-state index in [1.54, 1.807) is 6.07 Å². The van der Waals surface area contributed by atoms with Crippen LogP contribution in [0.3, 0.4) is 0 Å². The highest BCUT2D eigenvalue weighted by molar-refractivity contribution is 5.87. The maximum atomic E-state index is 11.7. The lowest BCUT2D eigenvalue weighted by molar-refractivity contribution is -0.129. The number of carboxylic acids is 1. The number of amides is 1. The van der Waals surface area contributed by atoms with Gasteiger partial charge in [-0.05, 0) is 18.6 Å². The molecule has 2 rings (SSSR count). The first kappa shape index (κ1) is 13.5. The zero-order chi connectivity index (χ0) is 13.8. The molecule has 1 atom stereocenters. The van der Waals surface area contributed by atoms with Gasteiger partial charge in [0.1, 0.15) is 0 Å². The van der Waals surface area contributed by atoms with Crippen molar-refractivity contribution >= 4 is 11.9 Å². The summed E-state index contributed by atoms with van der Waals surface area (Å²) in [4.78, 5) is 28.7. The Bertz CT molecular complexity index is 473. The van der Waals surface area contributed by atoms with Crippen LogP contribution in [0.5, 0.6) is 0 Å². The molecule has 1 aromatic rings. The van der Waals surface area contributed by atoms with Crippen molar-refractivity contribution in [2.45, 2.75) is 25.9 Å². The fourth-order valence-electron chi connectivity index (χ4n) is 2.25. The van der Waals surface area contributed by atoms with Gasteiger partial charge in [-0.1, -0.05) is 6.92 Å². The van der Waals surface area contributed by atoms with Crippen LogP contribution in [-0.4, -0.2) is 46.0 Å². The molecule has 19 heavy (non-hydrogen) atoms. The van der Waals surface area contributed by atoms with Gasteiger partial charge in [-0.25, -0.2) is 4.79 Å². The second-order valence-electron chi connectivity index (χ2n) is 4.53. The van der Waals surface area contributed by atoms with Gasteiger partial charge in [-0.3, -0.25) is 14.7 Å². The average Bonchev–Trinajstić information content (AvgIpc) is 2.39. The van der Waals surface area contributed by atoms with Gasteiger partial charge in [-0.15, -0.1) is 0 Å². The first-order valence-corrected chi connectivity index (χ1v) is 6.31. The summed E-state index contributed by atoms with van der Waals surface area (Å²) in [6, 6.07) is 3.10. The SMILES string of the molecule is CCC1C(=O)NCCN1Cc1ccc(C(=O)O)cn1. The molecule has 2 heterocycles. The molecule has 1 fully saturated rings. The largest absolute Gasteiger partial charge is 0.478 e. The van der Waals surface area contributed by atoms with Crippen LogP contribution in [-0.2, 0) is 11.3 Å². The number of hydrogen-bond acceptors (Lipinski definition) is 4. The Morgan fingerprint density at radius 1 is 1.58 bits per heavy atom. The molecule has 1 saturated heterocycles. The van der Waals surface area contributed by atoms with Crippen LogP contribution in [0.25, 0.3) is 0 Å². The third kappa shape index (κ3) is 3.08. The van der Waals surface area contributed by atoms with Gasteiger partial charge in [0, 0.05) is 25.8 Å². The molecule has 1 unspecified atom stereocenters. The van der Waals surface area contributed by atoms with Crippen molar-refractivity contribution in [1.82, 2.24) is 15.2 Å². The smallest absolute Gasteiger partial charge is 0.337 e. The first-order chi connectivity index (χ1) is 9.11. The third-order valence-electron chi connectivity index (χ3n) is 3.27. The number of pyridine rings is 1. The van der Waals surface area contributed by atoms with Crippen LogP contribution in [0.4, 0.5) is 0 Å². The number of carbonyl (C=O) groups excluding carboxylic acids is 1. The topological polar surface area (TPSA) is 82.5 Å². The minimum Gasteiger partial charge on any atom is -0.478 e. The van der Waals surface area contributed by atoms with E-state index in [4.69, 9.17) is 5.11 Å². The van der Waals surface area contributed by atoms with Gasteiger partial charge in [0.2, 0.25) is 5.91 Å². The van der Waals surface area contributed by atoms with Crippen LogP contribution >= 0.6 is 0 Å². The average molecular weight is 263 g/mol. The molecule has 1 aliphatic heterocycles. The van der Waals surface area contributed by atoms with E-state index in [2.05, 4.69) is 15.2 Å². The Balaban J connectivity index is 2.07. The summed E-state index contributed by atoms with van der Waals surface area (Å²) in [5.41, 5.74) is 0.949. The number of nitrogens with one attached hydrogen (secondary N) is 1. The second-order valence-corrected chi connectivity index (χ2v) is 4.53. The van der Waals surface area contributed by atoms with Crippen molar-refractivity contribution in [2.75, 3.05) is 13.1 Å². The zero-order valence-electron chi connectivity index (χ0n) is 10.8. The molecule has 0 radical (unpaired) electrons. The van der Waals surface area contributed by atoms with Crippen LogP contribution < -0.4 is 5.32 Å². The van der Waals surface area contributed by atoms with Crippen molar-refractivity contribution in [1.29, 1.82) is 0 Å². The van der Waals surface area contributed by atoms with Crippen molar-refractivity contribution in [3.63, 3.8) is 0 Å². The van der Waals surface area contributed by atoms with Gasteiger partial charge >= 0.3 is 5.97 Å². The molecule has 0 spiro atoms. The molecule has 1 amide bonds. The fourth-order valence-corrected chi connectivity index (χ4v) is 2.25. The molecule has 0 aromatic carbocycles. The van der Waals surface area contributed by atoms with E-state index in [9.17, 15) is 9.59 Å². The lowest BCUT2D eigenvalue weighted by Gasteiger charge is -2.34. The molecule has 0 aliphatic carbocycles. The monoisotopic (exact) mass is 263 g/mol. The molecular formula is C13H17N3O3. The van der Waals surface area contributed by atoms with Gasteiger partial charge in [0.15, 0.2) is 0 Å². The summed E-state index contributed by atoms with van der Waals surface area (Å²) in [6.45, 7) is 3.96. The fraction of sp³-hybridized carbons (Fsp3) is 0.462. The van der Waals surface area contributed by atoms with Crippen LogP contribution in [0.1, 0.15) is 29.4 Å². The van der Waals surface area contributed by atoms with E-state index in [0.29, 0.717) is 13.1 Å². The second kappa shape index (κ2) is 5.79. The molecule has 6 heteroatoms. The molecule has 1 aliphatic rings. The number of hydrogen-bond donors (Lipinski definition) is 2. The van der Waals surface area contributed by atoms with E-state index in [0.717, 1.165) is 18.7 Å². The molecule has 0 saturated carbocycles. The van der Waals surface area contributed by atoms with Crippen molar-refractivity contribution < 1.29 is 14.7 Å². The summed E-state index contributed by atoms with van der Waals surface area (Å²) in [5.74, 6) is -0.932. The Morgan fingerprint density at radius 3 is 2.95 bits per heavy atom. The number of nitrogens with zero attached hydrogens (tertiary/aromatic N) is 2. The predicted octanol–water partition coefficient (Wildman–Crippen LogP) is 0.490. The maximum Gasteiger partial charge on any atom is 0.337 e. The summed E-state index contributed by atoms with van der Waals surface area (Å²) in [7, 11) is 0. The molecule has 1 aromatic heterocycles. The molecule has 102 valence electrons. The van der Waals surface area contributed by atoms with E-state index in [1.165, 1.54) is 12.3 Å². The van der Waals surface area contributed by atoms with Gasteiger partial charge in [-0.2, -0.15) is 0 Å². The lowest BCUT2D eigenvalue weighted by atomic mass is 10.1. The Labute approximate surface area is 111 Å². The molecule has 2 N–H and O–H groups in total. The Kier molecular flexibility index (Phi) is 4.11. The number of aromatic carboxylic acids is 1. The zero-order valence-corrected chi connectivity index (χ0v) is 10.8. The highest BCUT2D eigenvalue weighted by Gasteiger charge is 2.27. The van der Waals surface area contributed by atoms with Gasteiger partial charge in [0.05, 0.1) is 17.3 Å². The van der Waals surface area contributed by atoms with Crippen LogP contribution in [0.2, 0.25) is 0 Å². The predicted molar refractivity (Wildman–Crippen MR) is 68.7 cm³/mol. The number of carbonyl (C=O) groups is 2. The van der Waals surface area contributed by atoms with Crippen molar-refractivity contribution in [3.05, 3.63) is 29.6 Å². The number of rotatable bonds is 4. The van der Waals surface area contributed by atoms with Crippen molar-refractivity contribution in [3.8, 4) is 0 Å². The molecule has 0 bridgehead atoms. The summed E-state index contributed by atoms with van der Waals surface area (Å²) in [5, 5.41) is 11.7. The minimum atomic E-state index is -0.983. The molecule has 6 nitrogen and oxygen atoms in total. The number of piperazine rings is 1. The summed E-state index contributed by atoms with van der Waals surface area (Å²) in [6.07, 6.45) is 2.10. The standard InChI is InChI=1S/C13H17N3O3/c1-2-11-12(17)14-5-6-16(11)8-10-4-3-9(7-15-10)13(18)19/h3-4,7,11H,2,5-6,8H2,1H3,(H,14,17)(H,18,19). The Morgan fingerprint density at radius 2 is 2.37 bits per heavy atom. The molecular weight excluding hydrogens is 246 g/mol. The summed E-state index contributed by atoms with van der Waals surface area (Å²) >= 11 is 0. The quantitative estimate of drug-likeness (QED) is 0.826. The van der Waals surface area contributed by atoms with Gasteiger partial charge in [0.25, 0.3) is 0 Å². The normalized spacial score (nSPS) is 20.1. The van der Waals surface area contributed by atoms with Gasteiger partial charge < -0.3 is 10.4 Å². The number of aromatic nitrogens is 1. The van der Waals surface area contributed by atoms with E-state index < -0.39 is 5.97 Å². The highest BCUT2D eigenvalue weighted by atomic mass is 16.4. The van der Waals surface area contributed by atoms with E-state index >= 15 is 0 Å². The minimum absolute atomic E-state index is 0.0518. The summed E-state index contributed by atoms with van der Waals surface area (Å²) < 4.78 is 0. The van der Waals surface area contributed by atoms with Crippen LogP contribution in [0, 0.1) is 0 Å². The lowest BCUT2D eigenvalue weighted by Crippen LogP contribution is -2.54. The number of carboxylic acid groups (broad SMARTS) is 1.